The van der Waals surface area contributed by atoms with E-state index in [1.165, 1.54) is 32.2 Å². The Bertz CT molecular complexity index is 1160. The number of aromatic hydroxyl groups is 1. The Morgan fingerprint density at radius 3 is 2.23 bits per heavy atom. The maximum atomic E-state index is 13.1. The van der Waals surface area contributed by atoms with Crippen LogP contribution in [0.1, 0.15) is 10.5 Å². The van der Waals surface area contributed by atoms with Crippen LogP contribution in [0, 0.1) is 5.82 Å². The van der Waals surface area contributed by atoms with Crippen LogP contribution in [0.3, 0.4) is 0 Å². The van der Waals surface area contributed by atoms with Gasteiger partial charge in [0.05, 0.1) is 16.8 Å². The minimum Gasteiger partial charge on any atom is -0.504 e. The van der Waals surface area contributed by atoms with Crippen LogP contribution in [0.4, 0.5) is 4.39 Å². The molecule has 1 aliphatic rings. The monoisotopic (exact) mass is 430 g/mol. The van der Waals surface area contributed by atoms with E-state index in [0.29, 0.717) is 5.69 Å². The second-order valence-electron chi connectivity index (χ2n) is 6.79. The summed E-state index contributed by atoms with van der Waals surface area (Å²) in [6, 6.07) is 13.7. The molecule has 10 heteroatoms. The van der Waals surface area contributed by atoms with Crippen LogP contribution in [-0.2, 0) is 10.0 Å². The fourth-order valence-electron chi connectivity index (χ4n) is 3.27. The summed E-state index contributed by atoms with van der Waals surface area (Å²) in [5, 5.41) is 14.4. The number of hydrogen-bond acceptors (Lipinski definition) is 5. The van der Waals surface area contributed by atoms with E-state index >= 15 is 0 Å². The molecule has 1 saturated heterocycles. The summed E-state index contributed by atoms with van der Waals surface area (Å²) < 4.78 is 41.2. The summed E-state index contributed by atoms with van der Waals surface area (Å²) >= 11 is 0. The van der Waals surface area contributed by atoms with Crippen LogP contribution in [0.5, 0.6) is 5.75 Å². The van der Waals surface area contributed by atoms with Gasteiger partial charge in [-0.2, -0.15) is 9.40 Å². The Morgan fingerprint density at radius 1 is 0.967 bits per heavy atom. The average Bonchev–Trinajstić information content (AvgIpc) is 3.16. The number of hydrogen-bond donors (Lipinski definition) is 1. The van der Waals surface area contributed by atoms with Gasteiger partial charge in [0, 0.05) is 26.2 Å². The molecule has 8 nitrogen and oxygen atoms in total. The molecule has 0 radical (unpaired) electrons. The van der Waals surface area contributed by atoms with Gasteiger partial charge in [0.25, 0.3) is 5.91 Å². The number of para-hydroxylation sites is 1. The van der Waals surface area contributed by atoms with Crippen molar-refractivity contribution in [3.05, 3.63) is 72.3 Å². The van der Waals surface area contributed by atoms with Crippen LogP contribution in [0.2, 0.25) is 0 Å². The average molecular weight is 430 g/mol. The molecule has 2 heterocycles. The third-order valence-electron chi connectivity index (χ3n) is 4.90. The van der Waals surface area contributed by atoms with Crippen LogP contribution < -0.4 is 0 Å². The van der Waals surface area contributed by atoms with Gasteiger partial charge in [0.15, 0.2) is 11.4 Å². The quantitative estimate of drug-likeness (QED) is 0.682. The lowest BCUT2D eigenvalue weighted by atomic mass is 10.3. The van der Waals surface area contributed by atoms with Gasteiger partial charge in [-0.15, -0.1) is 0 Å². The Hall–Kier alpha value is -3.24. The summed E-state index contributed by atoms with van der Waals surface area (Å²) in [5.41, 5.74) is 0.607. The van der Waals surface area contributed by atoms with Gasteiger partial charge in [-0.3, -0.25) is 4.79 Å². The highest BCUT2D eigenvalue weighted by molar-refractivity contribution is 7.89. The highest BCUT2D eigenvalue weighted by Gasteiger charge is 2.32. The van der Waals surface area contributed by atoms with Crippen molar-refractivity contribution in [2.75, 3.05) is 26.2 Å². The third kappa shape index (κ3) is 3.79. The molecule has 3 aromatic rings. The molecule has 1 N–H and O–H groups in total. The fourth-order valence-corrected chi connectivity index (χ4v) is 4.69. The fraction of sp³-hybridized carbons (Fsp3) is 0.200. The summed E-state index contributed by atoms with van der Waals surface area (Å²) in [6.07, 6.45) is 1.36. The van der Waals surface area contributed by atoms with Crippen LogP contribution in [0.25, 0.3) is 5.69 Å². The number of halogens is 1. The van der Waals surface area contributed by atoms with E-state index in [1.54, 1.807) is 12.1 Å². The summed E-state index contributed by atoms with van der Waals surface area (Å²) in [4.78, 5) is 14.3. The molecule has 0 spiro atoms. The van der Waals surface area contributed by atoms with Crippen molar-refractivity contribution in [2.24, 2.45) is 0 Å². The summed E-state index contributed by atoms with van der Waals surface area (Å²) in [7, 11) is -3.77. The Balaban J connectivity index is 1.46. The Labute approximate surface area is 172 Å². The van der Waals surface area contributed by atoms with Gasteiger partial charge in [-0.1, -0.05) is 18.2 Å². The van der Waals surface area contributed by atoms with Gasteiger partial charge in [0.1, 0.15) is 5.82 Å². The molecule has 0 saturated carbocycles. The number of rotatable bonds is 4. The lowest BCUT2D eigenvalue weighted by Crippen LogP contribution is -2.50. The maximum absolute atomic E-state index is 13.1. The zero-order valence-electron chi connectivity index (χ0n) is 15.8. The van der Waals surface area contributed by atoms with E-state index < -0.39 is 21.7 Å². The number of piperazine rings is 1. The van der Waals surface area contributed by atoms with Gasteiger partial charge in [-0.25, -0.2) is 17.5 Å². The maximum Gasteiger partial charge on any atom is 0.278 e. The molecular formula is C20H19FN4O4S. The number of carbonyl (C=O) groups excluding carboxylic acids is 1. The van der Waals surface area contributed by atoms with Crippen molar-refractivity contribution < 1.29 is 22.7 Å². The number of aromatic nitrogens is 2. The first-order chi connectivity index (χ1) is 14.4. The highest BCUT2D eigenvalue weighted by Crippen LogP contribution is 2.22. The van der Waals surface area contributed by atoms with E-state index in [2.05, 4.69) is 5.10 Å². The van der Waals surface area contributed by atoms with Crippen molar-refractivity contribution in [3.63, 3.8) is 0 Å². The second-order valence-corrected chi connectivity index (χ2v) is 8.73. The van der Waals surface area contributed by atoms with E-state index in [1.807, 2.05) is 18.2 Å². The highest BCUT2D eigenvalue weighted by atomic mass is 32.2. The van der Waals surface area contributed by atoms with Crippen LogP contribution >= 0.6 is 0 Å². The van der Waals surface area contributed by atoms with Gasteiger partial charge < -0.3 is 10.0 Å². The molecule has 0 aliphatic carbocycles. The molecule has 0 unspecified atom stereocenters. The van der Waals surface area contributed by atoms with Crippen LogP contribution in [-0.4, -0.2) is 64.6 Å². The molecule has 156 valence electrons. The molecule has 4 rings (SSSR count). The SMILES string of the molecule is O=C(c1nn(-c2ccccc2)cc1O)N1CCN(S(=O)(=O)c2ccc(F)cc2)CC1. The molecule has 1 aromatic heterocycles. The topological polar surface area (TPSA) is 95.7 Å². The van der Waals surface area contributed by atoms with Crippen molar-refractivity contribution in [3.8, 4) is 11.4 Å². The second kappa shape index (κ2) is 7.88. The van der Waals surface area contributed by atoms with Gasteiger partial charge in [0.2, 0.25) is 10.0 Å². The number of nitrogens with zero attached hydrogens (tertiary/aromatic N) is 4. The van der Waals surface area contributed by atoms with Crippen molar-refractivity contribution >= 4 is 15.9 Å². The zero-order valence-corrected chi connectivity index (χ0v) is 16.7. The first kappa shape index (κ1) is 20.0. The molecule has 1 aliphatic heterocycles. The molecular weight excluding hydrogens is 411 g/mol. The van der Waals surface area contributed by atoms with Crippen molar-refractivity contribution in [2.45, 2.75) is 4.90 Å². The standard InChI is InChI=1S/C20H19FN4O4S/c21-15-6-8-17(9-7-15)30(28,29)24-12-10-23(11-13-24)20(27)19-18(26)14-25(22-19)16-4-2-1-3-5-16/h1-9,14,26H,10-13H2. The van der Waals surface area contributed by atoms with E-state index in [9.17, 15) is 22.7 Å². The van der Waals surface area contributed by atoms with E-state index in [-0.39, 0.29) is 42.5 Å². The van der Waals surface area contributed by atoms with Crippen LogP contribution in [0.15, 0.2) is 65.7 Å². The predicted octanol–water partition coefficient (Wildman–Crippen LogP) is 1.86. The number of amides is 1. The Morgan fingerprint density at radius 2 is 1.60 bits per heavy atom. The first-order valence-corrected chi connectivity index (χ1v) is 10.7. The minimum absolute atomic E-state index is 0.00271. The van der Waals surface area contributed by atoms with E-state index in [0.717, 1.165) is 12.1 Å². The van der Waals surface area contributed by atoms with Crippen molar-refractivity contribution in [1.29, 1.82) is 0 Å². The predicted molar refractivity (Wildman–Crippen MR) is 106 cm³/mol. The first-order valence-electron chi connectivity index (χ1n) is 9.25. The lowest BCUT2D eigenvalue weighted by molar-refractivity contribution is 0.0688. The number of sulfonamides is 1. The zero-order chi connectivity index (χ0) is 21.3. The molecule has 0 bridgehead atoms. The number of benzene rings is 2. The molecule has 2 aromatic carbocycles. The lowest BCUT2D eigenvalue weighted by Gasteiger charge is -2.33. The summed E-state index contributed by atoms with van der Waals surface area (Å²) in [5.74, 6) is -1.23. The van der Waals surface area contributed by atoms with E-state index in [4.69, 9.17) is 0 Å². The number of carbonyl (C=O) groups is 1. The molecule has 30 heavy (non-hydrogen) atoms. The van der Waals surface area contributed by atoms with Crippen molar-refractivity contribution in [1.82, 2.24) is 19.0 Å². The van der Waals surface area contributed by atoms with Gasteiger partial charge >= 0.3 is 0 Å². The minimum atomic E-state index is -3.77. The smallest absolute Gasteiger partial charge is 0.278 e. The third-order valence-corrected chi connectivity index (χ3v) is 6.81. The molecule has 1 fully saturated rings. The largest absolute Gasteiger partial charge is 0.504 e. The Kier molecular flexibility index (Phi) is 5.27. The van der Waals surface area contributed by atoms with Gasteiger partial charge in [-0.05, 0) is 36.4 Å². The summed E-state index contributed by atoms with van der Waals surface area (Å²) in [6.45, 7) is 0.477. The molecule has 0 atom stereocenters. The molecule has 1 amide bonds. The normalized spacial score (nSPS) is 15.3.